The zero-order valence-electron chi connectivity index (χ0n) is 12.8. The molecule has 2 aromatic rings. The molecule has 0 aliphatic carbocycles. The molecular weight excluding hydrogens is 262 g/mol. The number of nitriles is 1. The molecule has 0 radical (unpaired) electrons. The quantitative estimate of drug-likeness (QED) is 0.875. The summed E-state index contributed by atoms with van der Waals surface area (Å²) in [6.45, 7) is 5.80. The SMILES string of the molecule is Cc1nnc(N(C)C(C)c2cccc(N)c2)c(C#N)c1C. The van der Waals surface area contributed by atoms with Gasteiger partial charge in [-0.25, -0.2) is 0 Å². The van der Waals surface area contributed by atoms with Gasteiger partial charge >= 0.3 is 0 Å². The molecule has 0 aliphatic rings. The van der Waals surface area contributed by atoms with Crippen LogP contribution in [0.3, 0.4) is 0 Å². The predicted molar refractivity (Wildman–Crippen MR) is 83.9 cm³/mol. The van der Waals surface area contributed by atoms with Crippen molar-refractivity contribution in [2.24, 2.45) is 0 Å². The lowest BCUT2D eigenvalue weighted by atomic mass is 10.0. The van der Waals surface area contributed by atoms with E-state index >= 15 is 0 Å². The monoisotopic (exact) mass is 281 g/mol. The van der Waals surface area contributed by atoms with Crippen LogP contribution in [0.5, 0.6) is 0 Å². The fraction of sp³-hybridized carbons (Fsp3) is 0.312. The molecule has 1 heterocycles. The second-order valence-electron chi connectivity index (χ2n) is 5.18. The van der Waals surface area contributed by atoms with E-state index in [4.69, 9.17) is 5.73 Å². The summed E-state index contributed by atoms with van der Waals surface area (Å²) < 4.78 is 0. The number of nitrogen functional groups attached to an aromatic ring is 1. The van der Waals surface area contributed by atoms with Gasteiger partial charge in [0.05, 0.1) is 11.7 Å². The highest BCUT2D eigenvalue weighted by Gasteiger charge is 2.19. The first-order chi connectivity index (χ1) is 9.95. The molecule has 2 N–H and O–H groups in total. The fourth-order valence-electron chi connectivity index (χ4n) is 2.20. The minimum atomic E-state index is 0.0389. The number of hydrogen-bond donors (Lipinski definition) is 1. The molecule has 0 aliphatic heterocycles. The molecule has 0 spiro atoms. The molecule has 21 heavy (non-hydrogen) atoms. The first-order valence-electron chi connectivity index (χ1n) is 6.78. The molecule has 1 aromatic heterocycles. The Morgan fingerprint density at radius 1 is 1.29 bits per heavy atom. The number of rotatable bonds is 3. The van der Waals surface area contributed by atoms with Crippen LogP contribution >= 0.6 is 0 Å². The van der Waals surface area contributed by atoms with Crippen LogP contribution in [0.1, 0.15) is 35.3 Å². The van der Waals surface area contributed by atoms with Gasteiger partial charge in [0.25, 0.3) is 0 Å². The molecule has 0 amide bonds. The molecule has 1 aromatic carbocycles. The number of hydrogen-bond acceptors (Lipinski definition) is 5. The Morgan fingerprint density at radius 2 is 2.00 bits per heavy atom. The van der Waals surface area contributed by atoms with Crippen molar-refractivity contribution in [1.29, 1.82) is 5.26 Å². The van der Waals surface area contributed by atoms with E-state index in [1.165, 1.54) is 0 Å². The minimum absolute atomic E-state index is 0.0389. The smallest absolute Gasteiger partial charge is 0.169 e. The Bertz CT molecular complexity index is 702. The van der Waals surface area contributed by atoms with Crippen molar-refractivity contribution in [3.63, 3.8) is 0 Å². The predicted octanol–water partition coefficient (Wildman–Crippen LogP) is 2.74. The highest BCUT2D eigenvalue weighted by atomic mass is 15.3. The summed E-state index contributed by atoms with van der Waals surface area (Å²) in [7, 11) is 1.91. The molecule has 108 valence electrons. The summed E-state index contributed by atoms with van der Waals surface area (Å²) in [6, 6.07) is 9.99. The molecular formula is C16H19N5. The van der Waals surface area contributed by atoms with Gasteiger partial charge in [-0.15, -0.1) is 5.10 Å². The van der Waals surface area contributed by atoms with Crippen molar-refractivity contribution in [2.45, 2.75) is 26.8 Å². The zero-order valence-corrected chi connectivity index (χ0v) is 12.8. The van der Waals surface area contributed by atoms with Crippen LogP contribution in [-0.2, 0) is 0 Å². The van der Waals surface area contributed by atoms with E-state index in [2.05, 4.69) is 16.3 Å². The average Bonchev–Trinajstić information content (AvgIpc) is 2.48. The maximum Gasteiger partial charge on any atom is 0.169 e. The van der Waals surface area contributed by atoms with Gasteiger partial charge in [-0.05, 0) is 44.0 Å². The topological polar surface area (TPSA) is 78.8 Å². The molecule has 0 saturated carbocycles. The normalized spacial score (nSPS) is 11.8. The van der Waals surface area contributed by atoms with Crippen molar-refractivity contribution >= 4 is 11.5 Å². The lowest BCUT2D eigenvalue weighted by molar-refractivity contribution is 0.716. The molecule has 1 atom stereocenters. The van der Waals surface area contributed by atoms with Crippen LogP contribution in [0.25, 0.3) is 0 Å². The van der Waals surface area contributed by atoms with Crippen LogP contribution in [0.4, 0.5) is 11.5 Å². The Kier molecular flexibility index (Phi) is 4.08. The van der Waals surface area contributed by atoms with Crippen molar-refractivity contribution < 1.29 is 0 Å². The molecule has 1 unspecified atom stereocenters. The van der Waals surface area contributed by atoms with E-state index in [1.54, 1.807) is 0 Å². The minimum Gasteiger partial charge on any atom is -0.399 e. The van der Waals surface area contributed by atoms with Crippen molar-refractivity contribution in [3.8, 4) is 6.07 Å². The molecule has 5 heteroatoms. The van der Waals surface area contributed by atoms with E-state index in [-0.39, 0.29) is 6.04 Å². The summed E-state index contributed by atoms with van der Waals surface area (Å²) in [5.74, 6) is 0.593. The van der Waals surface area contributed by atoms with Crippen molar-refractivity contribution in [1.82, 2.24) is 10.2 Å². The Hall–Kier alpha value is -2.61. The van der Waals surface area contributed by atoms with Crippen molar-refractivity contribution in [3.05, 3.63) is 46.6 Å². The van der Waals surface area contributed by atoms with Gasteiger partial charge < -0.3 is 10.6 Å². The number of nitrogens with two attached hydrogens (primary N) is 1. The second-order valence-corrected chi connectivity index (χ2v) is 5.18. The third-order valence-corrected chi connectivity index (χ3v) is 3.86. The molecule has 2 rings (SSSR count). The zero-order chi connectivity index (χ0) is 15.6. The summed E-state index contributed by atoms with van der Waals surface area (Å²) in [4.78, 5) is 1.95. The van der Waals surface area contributed by atoms with Gasteiger partial charge in [0.1, 0.15) is 11.6 Å². The fourth-order valence-corrected chi connectivity index (χ4v) is 2.20. The maximum absolute atomic E-state index is 9.40. The van der Waals surface area contributed by atoms with Crippen LogP contribution in [-0.4, -0.2) is 17.2 Å². The third kappa shape index (κ3) is 2.79. The first-order valence-corrected chi connectivity index (χ1v) is 6.78. The van der Waals surface area contributed by atoms with Crippen molar-refractivity contribution in [2.75, 3.05) is 17.7 Å². The average molecular weight is 281 g/mol. The highest BCUT2D eigenvalue weighted by Crippen LogP contribution is 2.28. The number of aromatic nitrogens is 2. The third-order valence-electron chi connectivity index (χ3n) is 3.86. The highest BCUT2D eigenvalue weighted by molar-refractivity contribution is 5.58. The van der Waals surface area contributed by atoms with Gasteiger partial charge in [0, 0.05) is 12.7 Å². The van der Waals surface area contributed by atoms with Gasteiger partial charge in [0.2, 0.25) is 0 Å². The summed E-state index contributed by atoms with van der Waals surface area (Å²) in [5, 5.41) is 17.7. The second kappa shape index (κ2) is 5.80. The lowest BCUT2D eigenvalue weighted by Crippen LogP contribution is -2.24. The molecule has 0 bridgehead atoms. The largest absolute Gasteiger partial charge is 0.399 e. The van der Waals surface area contributed by atoms with E-state index in [0.29, 0.717) is 11.4 Å². The lowest BCUT2D eigenvalue weighted by Gasteiger charge is -2.27. The maximum atomic E-state index is 9.40. The number of aryl methyl sites for hydroxylation is 1. The van der Waals surface area contributed by atoms with E-state index < -0.39 is 0 Å². The standard InChI is InChI=1S/C16H19N5/c1-10-11(2)19-20-16(15(10)9-17)21(4)12(3)13-6-5-7-14(18)8-13/h5-8,12H,18H2,1-4H3. The molecule has 0 saturated heterocycles. The number of benzene rings is 1. The van der Waals surface area contributed by atoms with Gasteiger partial charge in [0.15, 0.2) is 5.82 Å². The van der Waals surface area contributed by atoms with Crippen LogP contribution in [0, 0.1) is 25.2 Å². The molecule has 0 fully saturated rings. The van der Waals surface area contributed by atoms with Gasteiger partial charge in [-0.2, -0.15) is 10.4 Å². The Balaban J connectivity index is 2.43. The summed E-state index contributed by atoms with van der Waals surface area (Å²) in [5.41, 5.74) is 9.85. The summed E-state index contributed by atoms with van der Waals surface area (Å²) >= 11 is 0. The number of anilines is 2. The van der Waals surface area contributed by atoms with E-state index in [1.807, 2.05) is 57.0 Å². The van der Waals surface area contributed by atoms with E-state index in [0.717, 1.165) is 22.5 Å². The first kappa shape index (κ1) is 14.8. The Labute approximate surface area is 125 Å². The Morgan fingerprint density at radius 3 is 2.62 bits per heavy atom. The summed E-state index contributed by atoms with van der Waals surface area (Å²) in [6.07, 6.45) is 0. The molecule has 5 nitrogen and oxygen atoms in total. The number of nitrogens with zero attached hydrogens (tertiary/aromatic N) is 4. The van der Waals surface area contributed by atoms with Crippen LogP contribution in [0.15, 0.2) is 24.3 Å². The van der Waals surface area contributed by atoms with Crippen LogP contribution < -0.4 is 10.6 Å². The van der Waals surface area contributed by atoms with E-state index in [9.17, 15) is 5.26 Å². The van der Waals surface area contributed by atoms with Crippen LogP contribution in [0.2, 0.25) is 0 Å². The van der Waals surface area contributed by atoms with Gasteiger partial charge in [-0.1, -0.05) is 12.1 Å². The van der Waals surface area contributed by atoms with Gasteiger partial charge in [-0.3, -0.25) is 0 Å².